The Kier molecular flexibility index (Phi) is 7.43. The average molecular weight is 408 g/mol. The van der Waals surface area contributed by atoms with Gasteiger partial charge in [-0.25, -0.2) is 0 Å². The number of rotatable bonds is 10. The Labute approximate surface area is 174 Å². The number of nitrogens with zero attached hydrogens (tertiary/aromatic N) is 2. The predicted octanol–water partition coefficient (Wildman–Crippen LogP) is 2.62. The maximum atomic E-state index is 12.1. The highest BCUT2D eigenvalue weighted by Gasteiger charge is 2.08. The van der Waals surface area contributed by atoms with Gasteiger partial charge in [0.1, 0.15) is 6.54 Å². The number of carbonyl (C=O) groups excluding carboxylic acids is 2. The van der Waals surface area contributed by atoms with Crippen LogP contribution in [0, 0.1) is 0 Å². The Morgan fingerprint density at radius 2 is 1.80 bits per heavy atom. The van der Waals surface area contributed by atoms with Gasteiger partial charge in [0.05, 0.1) is 6.61 Å². The lowest BCUT2D eigenvalue weighted by atomic mass is 10.2. The topological polar surface area (TPSA) is 94.5 Å². The molecule has 0 fully saturated rings. The van der Waals surface area contributed by atoms with Crippen LogP contribution in [0.2, 0.25) is 0 Å². The van der Waals surface area contributed by atoms with E-state index in [0.29, 0.717) is 30.3 Å². The molecule has 156 valence electrons. The van der Waals surface area contributed by atoms with Crippen molar-refractivity contribution in [1.29, 1.82) is 0 Å². The summed E-state index contributed by atoms with van der Waals surface area (Å²) in [5.74, 6) is 0.693. The van der Waals surface area contributed by atoms with Gasteiger partial charge >= 0.3 is 0 Å². The fraction of sp³-hybridized carbons (Fsp3) is 0.227. The number of para-hydroxylation sites is 2. The molecule has 1 aromatic heterocycles. The van der Waals surface area contributed by atoms with Crippen LogP contribution in [0.3, 0.4) is 0 Å². The summed E-state index contributed by atoms with van der Waals surface area (Å²) in [5.41, 5.74) is 1.51. The van der Waals surface area contributed by atoms with Gasteiger partial charge in [-0.2, -0.15) is 5.10 Å². The van der Waals surface area contributed by atoms with Crippen LogP contribution in [0.5, 0.6) is 11.5 Å². The van der Waals surface area contributed by atoms with E-state index in [2.05, 4.69) is 15.7 Å². The third-order valence-electron chi connectivity index (χ3n) is 4.07. The molecular weight excluding hydrogens is 384 g/mol. The minimum atomic E-state index is -0.255. The van der Waals surface area contributed by atoms with Gasteiger partial charge in [-0.1, -0.05) is 24.3 Å². The summed E-state index contributed by atoms with van der Waals surface area (Å²) in [6.45, 7) is 2.73. The molecule has 0 aliphatic heterocycles. The first-order valence-electron chi connectivity index (χ1n) is 9.61. The van der Waals surface area contributed by atoms with Gasteiger partial charge in [-0.15, -0.1) is 0 Å². The van der Waals surface area contributed by atoms with Gasteiger partial charge in [-0.05, 0) is 42.8 Å². The molecule has 0 saturated carbocycles. The van der Waals surface area contributed by atoms with Crippen molar-refractivity contribution in [2.75, 3.05) is 18.5 Å². The van der Waals surface area contributed by atoms with Crippen molar-refractivity contribution in [2.24, 2.45) is 0 Å². The Morgan fingerprint density at radius 1 is 1.00 bits per heavy atom. The number of benzene rings is 2. The van der Waals surface area contributed by atoms with E-state index in [4.69, 9.17) is 9.47 Å². The number of carbonyl (C=O) groups is 2. The highest BCUT2D eigenvalue weighted by molar-refractivity contribution is 5.90. The maximum absolute atomic E-state index is 12.1. The van der Waals surface area contributed by atoms with Gasteiger partial charge in [0.15, 0.2) is 18.1 Å². The largest absolute Gasteiger partial charge is 0.490 e. The number of hydrogen-bond donors (Lipinski definition) is 2. The van der Waals surface area contributed by atoms with Crippen molar-refractivity contribution >= 4 is 17.5 Å². The number of hydrogen-bond acceptors (Lipinski definition) is 5. The van der Waals surface area contributed by atoms with Crippen molar-refractivity contribution in [2.45, 2.75) is 20.0 Å². The van der Waals surface area contributed by atoms with Crippen LogP contribution < -0.4 is 20.1 Å². The summed E-state index contributed by atoms with van der Waals surface area (Å²) < 4.78 is 12.6. The van der Waals surface area contributed by atoms with Gasteiger partial charge in [-0.3, -0.25) is 14.3 Å². The van der Waals surface area contributed by atoms with Crippen molar-refractivity contribution in [3.05, 3.63) is 72.6 Å². The van der Waals surface area contributed by atoms with Crippen LogP contribution in [0.15, 0.2) is 67.0 Å². The third-order valence-corrected chi connectivity index (χ3v) is 4.07. The molecule has 0 unspecified atom stereocenters. The Bertz CT molecular complexity index is 973. The first-order chi connectivity index (χ1) is 14.6. The molecule has 0 aliphatic rings. The molecule has 0 atom stereocenters. The van der Waals surface area contributed by atoms with Gasteiger partial charge in [0.25, 0.3) is 5.91 Å². The normalized spacial score (nSPS) is 10.3. The van der Waals surface area contributed by atoms with Gasteiger partial charge in [0, 0.05) is 24.6 Å². The first kappa shape index (κ1) is 20.9. The quantitative estimate of drug-likeness (QED) is 0.538. The molecule has 3 rings (SSSR count). The Hall–Kier alpha value is -3.81. The lowest BCUT2D eigenvalue weighted by Gasteiger charge is -2.12. The van der Waals surface area contributed by atoms with Crippen molar-refractivity contribution in [3.8, 4) is 11.5 Å². The molecule has 0 saturated heterocycles. The minimum Gasteiger partial charge on any atom is -0.490 e. The van der Waals surface area contributed by atoms with Crippen molar-refractivity contribution in [1.82, 2.24) is 15.1 Å². The first-order valence-corrected chi connectivity index (χ1v) is 9.61. The lowest BCUT2D eigenvalue weighted by molar-refractivity contribution is -0.123. The number of anilines is 1. The van der Waals surface area contributed by atoms with E-state index in [1.165, 1.54) is 0 Å². The van der Waals surface area contributed by atoms with Crippen LogP contribution in [0.25, 0.3) is 0 Å². The van der Waals surface area contributed by atoms with Crippen LogP contribution in [0.1, 0.15) is 12.5 Å². The molecule has 8 nitrogen and oxygen atoms in total. The molecule has 0 spiro atoms. The highest BCUT2D eigenvalue weighted by Crippen LogP contribution is 2.26. The molecule has 2 aromatic carbocycles. The lowest BCUT2D eigenvalue weighted by Crippen LogP contribution is -2.28. The smallest absolute Gasteiger partial charge is 0.258 e. The van der Waals surface area contributed by atoms with E-state index in [-0.39, 0.29) is 25.0 Å². The van der Waals surface area contributed by atoms with E-state index >= 15 is 0 Å². The number of aromatic nitrogens is 2. The molecular formula is C22H24N4O4. The Balaban J connectivity index is 1.47. The molecule has 1 heterocycles. The SMILES string of the molecule is CCOc1ccccc1OCC(=O)NCc1cccc(NC(=O)Cn2cccn2)c1. The second-order valence-electron chi connectivity index (χ2n) is 6.40. The summed E-state index contributed by atoms with van der Waals surface area (Å²) in [5, 5.41) is 9.64. The fourth-order valence-electron chi connectivity index (χ4n) is 2.74. The minimum absolute atomic E-state index is 0.121. The summed E-state index contributed by atoms with van der Waals surface area (Å²) in [7, 11) is 0. The molecule has 0 aliphatic carbocycles. The molecule has 2 N–H and O–H groups in total. The predicted molar refractivity (Wildman–Crippen MR) is 112 cm³/mol. The third kappa shape index (κ3) is 6.37. The maximum Gasteiger partial charge on any atom is 0.258 e. The van der Waals surface area contributed by atoms with Crippen LogP contribution >= 0.6 is 0 Å². The zero-order chi connectivity index (χ0) is 21.2. The monoisotopic (exact) mass is 408 g/mol. The average Bonchev–Trinajstić information content (AvgIpc) is 3.25. The second-order valence-corrected chi connectivity index (χ2v) is 6.40. The van der Waals surface area contributed by atoms with Crippen LogP contribution in [-0.4, -0.2) is 34.8 Å². The summed E-state index contributed by atoms with van der Waals surface area (Å²) in [6, 6.07) is 16.3. The highest BCUT2D eigenvalue weighted by atomic mass is 16.5. The van der Waals surface area contributed by atoms with Crippen molar-refractivity contribution in [3.63, 3.8) is 0 Å². The molecule has 0 bridgehead atoms. The van der Waals surface area contributed by atoms with E-state index < -0.39 is 0 Å². The number of ether oxygens (including phenoxy) is 2. The van der Waals surface area contributed by atoms with Crippen molar-refractivity contribution < 1.29 is 19.1 Å². The van der Waals surface area contributed by atoms with E-state index in [9.17, 15) is 9.59 Å². The zero-order valence-electron chi connectivity index (χ0n) is 16.7. The summed E-state index contributed by atoms with van der Waals surface area (Å²) in [4.78, 5) is 24.2. The molecule has 2 amide bonds. The number of nitrogens with one attached hydrogen (secondary N) is 2. The van der Waals surface area contributed by atoms with E-state index in [0.717, 1.165) is 5.56 Å². The van der Waals surface area contributed by atoms with Gasteiger partial charge < -0.3 is 20.1 Å². The fourth-order valence-corrected chi connectivity index (χ4v) is 2.74. The second kappa shape index (κ2) is 10.7. The van der Waals surface area contributed by atoms with E-state index in [1.807, 2.05) is 37.3 Å². The molecule has 30 heavy (non-hydrogen) atoms. The summed E-state index contributed by atoms with van der Waals surface area (Å²) >= 11 is 0. The molecule has 0 radical (unpaired) electrons. The van der Waals surface area contributed by atoms with E-state index in [1.54, 1.807) is 41.3 Å². The summed E-state index contributed by atoms with van der Waals surface area (Å²) in [6.07, 6.45) is 3.34. The standard InChI is InChI=1S/C22H24N4O4/c1-2-29-19-9-3-4-10-20(19)30-16-22(28)23-14-17-7-5-8-18(13-17)25-21(27)15-26-12-6-11-24-26/h3-13H,2,14-16H2,1H3,(H,23,28)(H,25,27). The van der Waals surface area contributed by atoms with Crippen LogP contribution in [0.4, 0.5) is 5.69 Å². The molecule has 8 heteroatoms. The Morgan fingerprint density at radius 3 is 2.53 bits per heavy atom. The number of amides is 2. The van der Waals surface area contributed by atoms with Gasteiger partial charge in [0.2, 0.25) is 5.91 Å². The molecule has 3 aromatic rings. The van der Waals surface area contributed by atoms with Crippen LogP contribution in [-0.2, 0) is 22.7 Å². The zero-order valence-corrected chi connectivity index (χ0v) is 16.7.